The van der Waals surface area contributed by atoms with Gasteiger partial charge in [-0.25, -0.2) is 0 Å². The van der Waals surface area contributed by atoms with Crippen LogP contribution in [0.15, 0.2) is 78.3 Å². The lowest BCUT2D eigenvalue weighted by atomic mass is 9.65. The van der Waals surface area contributed by atoms with Gasteiger partial charge in [-0.2, -0.15) is 0 Å². The van der Waals surface area contributed by atoms with Crippen molar-refractivity contribution in [3.05, 3.63) is 94.3 Å². The molecule has 3 unspecified atom stereocenters. The number of benzene rings is 2. The van der Waals surface area contributed by atoms with Gasteiger partial charge in [-0.15, -0.1) is 11.3 Å². The van der Waals surface area contributed by atoms with E-state index in [-0.39, 0.29) is 11.3 Å². The predicted octanol–water partition coefficient (Wildman–Crippen LogP) is 7.70. The number of aromatic nitrogens is 1. The summed E-state index contributed by atoms with van der Waals surface area (Å²) in [7, 11) is 0. The number of carbonyl (C=O) groups is 1. The van der Waals surface area contributed by atoms with Gasteiger partial charge in [0, 0.05) is 53.4 Å². The number of thiophene rings is 1. The molecule has 2 fully saturated rings. The lowest BCUT2D eigenvalue weighted by Gasteiger charge is -2.39. The van der Waals surface area contributed by atoms with Gasteiger partial charge in [0.05, 0.1) is 0 Å². The first kappa shape index (κ1) is 23.5. The van der Waals surface area contributed by atoms with Crippen LogP contribution in [0, 0.1) is 10.8 Å². The van der Waals surface area contributed by atoms with E-state index in [1.807, 2.05) is 0 Å². The number of amides is 1. The number of hydrogen-bond acceptors (Lipinski definition) is 2. The van der Waals surface area contributed by atoms with Crippen molar-refractivity contribution >= 4 is 28.1 Å². The maximum Gasteiger partial charge on any atom is 0.223 e. The first-order valence-corrected chi connectivity index (χ1v) is 14.1. The van der Waals surface area contributed by atoms with Crippen molar-refractivity contribution in [3.8, 4) is 0 Å². The molecule has 6 rings (SSSR count). The zero-order valence-electron chi connectivity index (χ0n) is 21.6. The summed E-state index contributed by atoms with van der Waals surface area (Å²) in [4.78, 5) is 17.5. The van der Waals surface area contributed by atoms with Crippen molar-refractivity contribution in [2.24, 2.45) is 10.8 Å². The number of hydrogen-bond donors (Lipinski definition) is 0. The summed E-state index contributed by atoms with van der Waals surface area (Å²) in [5.74, 6) is 0.389. The first-order valence-electron chi connectivity index (χ1n) is 13.2. The van der Waals surface area contributed by atoms with E-state index in [1.165, 1.54) is 33.3 Å². The molecule has 1 saturated carbocycles. The van der Waals surface area contributed by atoms with E-state index in [0.717, 1.165) is 25.9 Å². The van der Waals surface area contributed by atoms with Gasteiger partial charge < -0.3 is 9.47 Å². The number of fused-ring (bicyclic) bond motifs is 3. The molecule has 3 atom stereocenters. The minimum Gasteiger partial charge on any atom is -0.343 e. The van der Waals surface area contributed by atoms with E-state index in [1.54, 1.807) is 11.3 Å². The molecule has 3 nitrogen and oxygen atoms in total. The Labute approximate surface area is 218 Å². The van der Waals surface area contributed by atoms with Crippen LogP contribution >= 0.6 is 11.3 Å². The topological polar surface area (TPSA) is 25.2 Å². The molecule has 36 heavy (non-hydrogen) atoms. The number of likely N-dealkylation sites (tertiary alicyclic amines) is 1. The molecule has 2 aromatic heterocycles. The number of para-hydroxylation sites is 1. The van der Waals surface area contributed by atoms with Crippen LogP contribution in [-0.2, 0) is 11.3 Å². The summed E-state index contributed by atoms with van der Waals surface area (Å²) in [5.41, 5.74) is 4.35. The van der Waals surface area contributed by atoms with Crippen molar-refractivity contribution < 1.29 is 4.79 Å². The fourth-order valence-electron chi connectivity index (χ4n) is 7.36. The predicted molar refractivity (Wildman–Crippen MR) is 150 cm³/mol. The third-order valence-electron chi connectivity index (χ3n) is 8.39. The van der Waals surface area contributed by atoms with Crippen molar-refractivity contribution in [2.45, 2.75) is 65.0 Å². The zero-order chi connectivity index (χ0) is 24.9. The Hall–Kier alpha value is -2.85. The number of carbonyl (C=O) groups excluding carboxylic acids is 1. The van der Waals surface area contributed by atoms with E-state index in [4.69, 9.17) is 0 Å². The molecule has 4 aromatic rings. The van der Waals surface area contributed by atoms with E-state index in [9.17, 15) is 4.79 Å². The van der Waals surface area contributed by atoms with Gasteiger partial charge in [0.2, 0.25) is 5.91 Å². The standard InChI is InChI=1S/C32H36N2OS/c1-31(2)17-24-18-32(3,21-31)22-34(24)30(35)16-26(29-14-9-15-36-29)27-20-33(19-23-10-5-4-6-11-23)28-13-8-7-12-25(27)28/h4-15,20,24,26H,16-19,21-22H2,1-3H3. The van der Waals surface area contributed by atoms with E-state index in [2.05, 4.69) is 109 Å². The minimum absolute atomic E-state index is 0.0701. The van der Waals surface area contributed by atoms with Crippen LogP contribution in [-0.4, -0.2) is 28.0 Å². The maximum atomic E-state index is 14.0. The molecular formula is C32H36N2OS. The maximum absolute atomic E-state index is 14.0. The van der Waals surface area contributed by atoms with Gasteiger partial charge in [-0.1, -0.05) is 75.4 Å². The summed E-state index contributed by atoms with van der Waals surface area (Å²) in [6, 6.07) is 24.0. The molecule has 1 aliphatic heterocycles. The Balaban J connectivity index is 1.35. The van der Waals surface area contributed by atoms with Crippen LogP contribution in [0.5, 0.6) is 0 Å². The van der Waals surface area contributed by atoms with E-state index >= 15 is 0 Å². The van der Waals surface area contributed by atoms with Crippen molar-refractivity contribution in [3.63, 3.8) is 0 Å². The highest BCUT2D eigenvalue weighted by Gasteiger charge is 2.51. The third kappa shape index (κ3) is 4.41. The monoisotopic (exact) mass is 496 g/mol. The molecule has 1 amide bonds. The van der Waals surface area contributed by atoms with Crippen molar-refractivity contribution in [2.75, 3.05) is 6.54 Å². The summed E-state index contributed by atoms with van der Waals surface area (Å²) >= 11 is 1.77. The summed E-state index contributed by atoms with van der Waals surface area (Å²) in [5, 5.41) is 3.40. The molecule has 1 aliphatic carbocycles. The second kappa shape index (κ2) is 8.92. The normalized spacial score (nSPS) is 23.8. The van der Waals surface area contributed by atoms with Gasteiger partial charge >= 0.3 is 0 Å². The van der Waals surface area contributed by atoms with Crippen LogP contribution in [0.3, 0.4) is 0 Å². The van der Waals surface area contributed by atoms with Crippen LogP contribution in [0.2, 0.25) is 0 Å². The Morgan fingerprint density at radius 3 is 2.56 bits per heavy atom. The Bertz CT molecular complexity index is 1370. The van der Waals surface area contributed by atoms with E-state index in [0.29, 0.717) is 23.8 Å². The van der Waals surface area contributed by atoms with Crippen LogP contribution in [0.4, 0.5) is 0 Å². The van der Waals surface area contributed by atoms with Crippen LogP contribution < -0.4 is 0 Å². The van der Waals surface area contributed by atoms with Crippen LogP contribution in [0.1, 0.15) is 68.4 Å². The van der Waals surface area contributed by atoms with Crippen molar-refractivity contribution in [1.29, 1.82) is 0 Å². The fraction of sp³-hybridized carbons (Fsp3) is 0.406. The second-order valence-electron chi connectivity index (χ2n) is 12.2. The highest BCUT2D eigenvalue weighted by Crippen LogP contribution is 2.53. The lowest BCUT2D eigenvalue weighted by molar-refractivity contribution is -0.132. The fourth-order valence-corrected chi connectivity index (χ4v) is 8.21. The SMILES string of the molecule is CC1(C)CC2CC(C)(CN2C(=O)CC(c2cccs2)c2cn(Cc3ccccc3)c3ccccc23)C1. The molecule has 3 heterocycles. The lowest BCUT2D eigenvalue weighted by Crippen LogP contribution is -2.38. The third-order valence-corrected chi connectivity index (χ3v) is 9.38. The van der Waals surface area contributed by atoms with Gasteiger partial charge in [0.15, 0.2) is 0 Å². The molecule has 2 aliphatic rings. The molecule has 1 saturated heterocycles. The Kier molecular flexibility index (Phi) is 5.83. The molecule has 186 valence electrons. The van der Waals surface area contributed by atoms with E-state index < -0.39 is 0 Å². The molecule has 4 heteroatoms. The Morgan fingerprint density at radius 1 is 1.00 bits per heavy atom. The molecule has 2 aromatic carbocycles. The van der Waals surface area contributed by atoms with Crippen molar-refractivity contribution in [1.82, 2.24) is 9.47 Å². The first-order chi connectivity index (χ1) is 17.3. The smallest absolute Gasteiger partial charge is 0.223 e. The van der Waals surface area contributed by atoms with Gasteiger partial charge in [-0.3, -0.25) is 4.79 Å². The molecular weight excluding hydrogens is 460 g/mol. The second-order valence-corrected chi connectivity index (χ2v) is 13.2. The minimum atomic E-state index is 0.0701. The van der Waals surface area contributed by atoms with Gasteiger partial charge in [0.1, 0.15) is 0 Å². The highest BCUT2D eigenvalue weighted by molar-refractivity contribution is 7.10. The van der Waals surface area contributed by atoms with Crippen LogP contribution in [0.25, 0.3) is 10.9 Å². The summed E-state index contributed by atoms with van der Waals surface area (Å²) < 4.78 is 2.36. The number of nitrogens with zero attached hydrogens (tertiary/aromatic N) is 2. The van der Waals surface area contributed by atoms with Gasteiger partial charge in [0.25, 0.3) is 0 Å². The largest absolute Gasteiger partial charge is 0.343 e. The number of rotatable bonds is 6. The molecule has 2 bridgehead atoms. The molecule has 0 spiro atoms. The zero-order valence-corrected chi connectivity index (χ0v) is 22.4. The highest BCUT2D eigenvalue weighted by atomic mass is 32.1. The summed E-state index contributed by atoms with van der Waals surface area (Å²) in [6.07, 6.45) is 6.33. The quantitative estimate of drug-likeness (QED) is 0.268. The summed E-state index contributed by atoms with van der Waals surface area (Å²) in [6.45, 7) is 8.88. The molecule has 0 radical (unpaired) electrons. The Morgan fingerprint density at radius 2 is 1.78 bits per heavy atom. The average Bonchev–Trinajstić information content (AvgIpc) is 3.55. The average molecular weight is 497 g/mol. The molecule has 0 N–H and O–H groups in total. The van der Waals surface area contributed by atoms with Gasteiger partial charge in [-0.05, 0) is 58.7 Å².